The van der Waals surface area contributed by atoms with E-state index in [1.165, 1.54) is 12.1 Å². The fourth-order valence-corrected chi connectivity index (χ4v) is 3.36. The third-order valence-electron chi connectivity index (χ3n) is 4.98. The molecule has 0 bridgehead atoms. The monoisotopic (exact) mass is 417 g/mol. The lowest BCUT2D eigenvalue weighted by Gasteiger charge is -2.33. The average molecular weight is 417 g/mol. The number of nitrogens with zero attached hydrogens (tertiary/aromatic N) is 5. The molecule has 1 aliphatic rings. The molecule has 0 radical (unpaired) electrons. The van der Waals surface area contributed by atoms with Crippen molar-refractivity contribution in [2.75, 3.05) is 43.4 Å². The van der Waals surface area contributed by atoms with E-state index in [2.05, 4.69) is 35.3 Å². The van der Waals surface area contributed by atoms with Crippen molar-refractivity contribution in [2.24, 2.45) is 0 Å². The van der Waals surface area contributed by atoms with E-state index in [-0.39, 0.29) is 11.4 Å². The number of H-pyrrole nitrogens is 1. The molecule has 0 saturated carbocycles. The van der Waals surface area contributed by atoms with E-state index in [1.54, 1.807) is 18.2 Å². The smallest absolute Gasteiger partial charge is 0.354 e. The standard InChI is InChI=1S/C20H22F3N7/c1-13-11-17(28-27-13)24-16-12-18(30-9-7-29(2)8-10-30)26-19(25-16)14-5-3-4-6-15(14)20(21,22)23/h3-6,11-12H,7-10H2,1-2H3,(H2,24,25,26,27,28). The number of anilines is 3. The third-order valence-corrected chi connectivity index (χ3v) is 4.98. The Morgan fingerprint density at radius 3 is 2.40 bits per heavy atom. The Morgan fingerprint density at radius 2 is 1.73 bits per heavy atom. The number of hydrogen-bond donors (Lipinski definition) is 2. The minimum atomic E-state index is -4.50. The SMILES string of the molecule is Cc1cc(Nc2cc(N3CCN(C)CC3)nc(-c3ccccc3C(F)(F)F)n2)n[nH]1. The van der Waals surface area contributed by atoms with Crippen LogP contribution in [0.1, 0.15) is 11.3 Å². The predicted molar refractivity (Wildman–Crippen MR) is 109 cm³/mol. The van der Waals surface area contributed by atoms with Gasteiger partial charge in [0.2, 0.25) is 0 Å². The van der Waals surface area contributed by atoms with Gasteiger partial charge in [-0.25, -0.2) is 9.97 Å². The number of piperazine rings is 1. The summed E-state index contributed by atoms with van der Waals surface area (Å²) in [5.74, 6) is 1.52. The molecule has 0 atom stereocenters. The first-order valence-electron chi connectivity index (χ1n) is 9.58. The minimum absolute atomic E-state index is 0.0223. The molecular formula is C20H22F3N7. The summed E-state index contributed by atoms with van der Waals surface area (Å²) in [6.45, 7) is 5.02. The first kappa shape index (κ1) is 20.1. The molecular weight excluding hydrogens is 395 g/mol. The second-order valence-corrected chi connectivity index (χ2v) is 7.33. The minimum Gasteiger partial charge on any atom is -0.354 e. The molecule has 3 heterocycles. The van der Waals surface area contributed by atoms with Crippen molar-refractivity contribution >= 4 is 17.5 Å². The summed E-state index contributed by atoms with van der Waals surface area (Å²) in [5, 5.41) is 10.0. The molecule has 2 N–H and O–H groups in total. The van der Waals surface area contributed by atoms with E-state index in [1.807, 2.05) is 14.0 Å². The fraction of sp³-hybridized carbons (Fsp3) is 0.350. The quantitative estimate of drug-likeness (QED) is 0.675. The van der Waals surface area contributed by atoms with Crippen LogP contribution >= 0.6 is 0 Å². The average Bonchev–Trinajstić information content (AvgIpc) is 3.12. The number of benzene rings is 1. The van der Waals surface area contributed by atoms with Crippen LogP contribution in [0.25, 0.3) is 11.4 Å². The molecule has 158 valence electrons. The summed E-state index contributed by atoms with van der Waals surface area (Å²) >= 11 is 0. The fourth-order valence-electron chi connectivity index (χ4n) is 3.36. The normalized spacial score (nSPS) is 15.4. The van der Waals surface area contributed by atoms with Crippen LogP contribution in [-0.2, 0) is 6.18 Å². The van der Waals surface area contributed by atoms with Gasteiger partial charge >= 0.3 is 6.18 Å². The van der Waals surface area contributed by atoms with Crippen molar-refractivity contribution in [2.45, 2.75) is 13.1 Å². The summed E-state index contributed by atoms with van der Waals surface area (Å²) < 4.78 is 40.7. The van der Waals surface area contributed by atoms with E-state index in [0.717, 1.165) is 37.9 Å². The van der Waals surface area contributed by atoms with Crippen molar-refractivity contribution in [3.63, 3.8) is 0 Å². The third kappa shape index (κ3) is 4.38. The molecule has 10 heteroatoms. The van der Waals surface area contributed by atoms with Gasteiger partial charge in [0.15, 0.2) is 11.6 Å². The molecule has 30 heavy (non-hydrogen) atoms. The van der Waals surface area contributed by atoms with Crippen LogP contribution in [0.4, 0.5) is 30.6 Å². The number of aryl methyl sites for hydroxylation is 1. The van der Waals surface area contributed by atoms with Crippen LogP contribution in [-0.4, -0.2) is 58.3 Å². The maximum Gasteiger partial charge on any atom is 0.417 e. The van der Waals surface area contributed by atoms with Crippen LogP contribution in [0, 0.1) is 6.92 Å². The van der Waals surface area contributed by atoms with Gasteiger partial charge in [0, 0.05) is 49.6 Å². The van der Waals surface area contributed by atoms with E-state index < -0.39 is 11.7 Å². The molecule has 4 rings (SSSR count). The van der Waals surface area contributed by atoms with Crippen LogP contribution in [0.15, 0.2) is 36.4 Å². The van der Waals surface area contributed by atoms with Crippen molar-refractivity contribution < 1.29 is 13.2 Å². The molecule has 1 aliphatic heterocycles. The van der Waals surface area contributed by atoms with Crippen molar-refractivity contribution in [1.29, 1.82) is 0 Å². The molecule has 7 nitrogen and oxygen atoms in total. The highest BCUT2D eigenvalue weighted by Gasteiger charge is 2.34. The molecule has 1 aromatic carbocycles. The number of halogens is 3. The number of aromatic nitrogens is 4. The molecule has 3 aromatic rings. The number of nitrogens with one attached hydrogen (secondary N) is 2. The Hall–Kier alpha value is -3.14. The van der Waals surface area contributed by atoms with Gasteiger partial charge in [-0.3, -0.25) is 5.10 Å². The summed E-state index contributed by atoms with van der Waals surface area (Å²) in [4.78, 5) is 13.1. The Labute approximate surface area is 171 Å². The van der Waals surface area contributed by atoms with Gasteiger partial charge in [0.25, 0.3) is 0 Å². The van der Waals surface area contributed by atoms with E-state index in [0.29, 0.717) is 17.5 Å². The zero-order chi connectivity index (χ0) is 21.3. The van der Waals surface area contributed by atoms with Crippen LogP contribution in [0.3, 0.4) is 0 Å². The first-order chi connectivity index (χ1) is 14.3. The van der Waals surface area contributed by atoms with Gasteiger partial charge in [-0.2, -0.15) is 18.3 Å². The van der Waals surface area contributed by atoms with Crippen LogP contribution in [0.2, 0.25) is 0 Å². The lowest BCUT2D eigenvalue weighted by atomic mass is 10.1. The maximum absolute atomic E-state index is 13.6. The highest BCUT2D eigenvalue weighted by molar-refractivity contribution is 5.67. The summed E-state index contributed by atoms with van der Waals surface area (Å²) in [6, 6.07) is 8.90. The predicted octanol–water partition coefficient (Wildman–Crippen LogP) is 3.69. The number of hydrogen-bond acceptors (Lipinski definition) is 6. The molecule has 1 fully saturated rings. The number of rotatable bonds is 4. The summed E-state index contributed by atoms with van der Waals surface area (Å²) in [6.07, 6.45) is -4.50. The number of alkyl halides is 3. The lowest BCUT2D eigenvalue weighted by Crippen LogP contribution is -2.44. The van der Waals surface area contributed by atoms with Gasteiger partial charge in [0.1, 0.15) is 11.6 Å². The summed E-state index contributed by atoms with van der Waals surface area (Å²) in [5.41, 5.74) is 0.0396. The van der Waals surface area contributed by atoms with Gasteiger partial charge in [-0.05, 0) is 20.0 Å². The largest absolute Gasteiger partial charge is 0.417 e. The van der Waals surface area contributed by atoms with E-state index in [4.69, 9.17) is 0 Å². The molecule has 1 saturated heterocycles. The van der Waals surface area contributed by atoms with Crippen molar-refractivity contribution in [3.8, 4) is 11.4 Å². The maximum atomic E-state index is 13.6. The summed E-state index contributed by atoms with van der Waals surface area (Å²) in [7, 11) is 2.04. The van der Waals surface area contributed by atoms with Gasteiger partial charge in [-0.1, -0.05) is 18.2 Å². The van der Waals surface area contributed by atoms with E-state index in [9.17, 15) is 13.2 Å². The second-order valence-electron chi connectivity index (χ2n) is 7.33. The molecule has 0 spiro atoms. The number of aromatic amines is 1. The van der Waals surface area contributed by atoms with E-state index >= 15 is 0 Å². The lowest BCUT2D eigenvalue weighted by molar-refractivity contribution is -0.137. The van der Waals surface area contributed by atoms with Gasteiger partial charge in [0.05, 0.1) is 5.56 Å². The van der Waals surface area contributed by atoms with Crippen molar-refractivity contribution in [3.05, 3.63) is 47.7 Å². The second kappa shape index (κ2) is 7.94. The zero-order valence-corrected chi connectivity index (χ0v) is 16.7. The number of likely N-dealkylation sites (N-methyl/N-ethyl adjacent to an activating group) is 1. The Bertz CT molecular complexity index is 1020. The highest BCUT2D eigenvalue weighted by Crippen LogP contribution is 2.36. The molecule has 0 aliphatic carbocycles. The molecule has 2 aromatic heterocycles. The Morgan fingerprint density at radius 1 is 1.00 bits per heavy atom. The first-order valence-corrected chi connectivity index (χ1v) is 9.58. The Kier molecular flexibility index (Phi) is 5.33. The topological polar surface area (TPSA) is 73.0 Å². The van der Waals surface area contributed by atoms with Crippen LogP contribution < -0.4 is 10.2 Å². The Balaban J connectivity index is 1.78. The highest BCUT2D eigenvalue weighted by atomic mass is 19.4. The van der Waals surface area contributed by atoms with Crippen molar-refractivity contribution in [1.82, 2.24) is 25.1 Å². The van der Waals surface area contributed by atoms with Crippen LogP contribution in [0.5, 0.6) is 0 Å². The zero-order valence-electron chi connectivity index (χ0n) is 16.7. The molecule has 0 amide bonds. The van der Waals surface area contributed by atoms with Gasteiger partial charge in [-0.15, -0.1) is 0 Å². The molecule has 0 unspecified atom stereocenters. The van der Waals surface area contributed by atoms with Gasteiger partial charge < -0.3 is 15.1 Å².